The molecule has 0 aliphatic carbocycles. The molecule has 0 N–H and O–H groups in total. The Morgan fingerprint density at radius 1 is 0.938 bits per heavy atom. The standard InChI is InChI=1S/C24H18ClF3N2O2/c1-15-22(31)29(14-16-6-10-18(11-7-16)24(26,27)28)20-4-2-3-5-21(20)30(15)23(32)17-8-12-19(25)13-9-17/h2-13,15H,14H2,1H3. The minimum Gasteiger partial charge on any atom is -0.304 e. The largest absolute Gasteiger partial charge is 0.416 e. The van der Waals surface area contributed by atoms with Crippen molar-refractivity contribution in [2.24, 2.45) is 0 Å². The van der Waals surface area contributed by atoms with E-state index in [4.69, 9.17) is 11.6 Å². The van der Waals surface area contributed by atoms with E-state index in [0.717, 1.165) is 12.1 Å². The third kappa shape index (κ3) is 4.08. The van der Waals surface area contributed by atoms with Crippen LogP contribution in [0.5, 0.6) is 0 Å². The molecule has 164 valence electrons. The molecule has 0 bridgehead atoms. The molecule has 0 aromatic heterocycles. The second kappa shape index (κ2) is 8.31. The molecule has 4 rings (SSSR count). The molecule has 0 saturated heterocycles. The van der Waals surface area contributed by atoms with Crippen molar-refractivity contribution in [3.8, 4) is 0 Å². The Labute approximate surface area is 187 Å². The first-order chi connectivity index (χ1) is 15.2. The number of carbonyl (C=O) groups is 2. The van der Waals surface area contributed by atoms with Crippen molar-refractivity contribution in [1.82, 2.24) is 0 Å². The minimum absolute atomic E-state index is 0.0846. The summed E-state index contributed by atoms with van der Waals surface area (Å²) < 4.78 is 38.6. The molecule has 0 radical (unpaired) electrons. The second-order valence-electron chi connectivity index (χ2n) is 7.47. The third-order valence-corrected chi connectivity index (χ3v) is 5.63. The van der Waals surface area contributed by atoms with Crippen LogP contribution in [0, 0.1) is 0 Å². The Hall–Kier alpha value is -3.32. The van der Waals surface area contributed by atoms with Crippen molar-refractivity contribution in [1.29, 1.82) is 0 Å². The number of para-hydroxylation sites is 2. The SMILES string of the molecule is CC1C(=O)N(Cc2ccc(C(F)(F)F)cc2)c2ccccc2N1C(=O)c1ccc(Cl)cc1. The average Bonchev–Trinajstić information content (AvgIpc) is 2.77. The third-order valence-electron chi connectivity index (χ3n) is 5.37. The summed E-state index contributed by atoms with van der Waals surface area (Å²) in [6, 6.07) is 17.3. The fourth-order valence-corrected chi connectivity index (χ4v) is 3.85. The number of hydrogen-bond acceptors (Lipinski definition) is 2. The first-order valence-corrected chi connectivity index (χ1v) is 10.2. The molecule has 3 aromatic carbocycles. The molecule has 0 fully saturated rings. The highest BCUT2D eigenvalue weighted by Crippen LogP contribution is 2.38. The highest BCUT2D eigenvalue weighted by Gasteiger charge is 2.39. The normalized spacial score (nSPS) is 16.2. The lowest BCUT2D eigenvalue weighted by Gasteiger charge is -2.40. The zero-order valence-corrected chi connectivity index (χ0v) is 17.7. The van der Waals surface area contributed by atoms with Crippen LogP contribution in [-0.4, -0.2) is 17.9 Å². The van der Waals surface area contributed by atoms with Crippen molar-refractivity contribution in [3.63, 3.8) is 0 Å². The number of nitrogens with zero attached hydrogens (tertiary/aromatic N) is 2. The van der Waals surface area contributed by atoms with Gasteiger partial charge >= 0.3 is 6.18 Å². The molecule has 0 spiro atoms. The van der Waals surface area contributed by atoms with Gasteiger partial charge in [-0.05, 0) is 61.0 Å². The van der Waals surface area contributed by atoms with Gasteiger partial charge in [0.1, 0.15) is 6.04 Å². The Morgan fingerprint density at radius 3 is 2.12 bits per heavy atom. The molecule has 8 heteroatoms. The summed E-state index contributed by atoms with van der Waals surface area (Å²) in [5.74, 6) is -0.671. The predicted octanol–water partition coefficient (Wildman–Crippen LogP) is 5.94. The predicted molar refractivity (Wildman–Crippen MR) is 117 cm³/mol. The number of carbonyl (C=O) groups excluding carboxylic acids is 2. The van der Waals surface area contributed by atoms with Gasteiger partial charge in [0.15, 0.2) is 0 Å². The quantitative estimate of drug-likeness (QED) is 0.487. The maximum atomic E-state index is 13.2. The van der Waals surface area contributed by atoms with Crippen LogP contribution in [0.3, 0.4) is 0 Å². The summed E-state index contributed by atoms with van der Waals surface area (Å²) in [7, 11) is 0. The molecule has 2 amide bonds. The Bertz CT molecular complexity index is 1160. The Morgan fingerprint density at radius 2 is 1.53 bits per heavy atom. The lowest BCUT2D eigenvalue weighted by atomic mass is 10.0. The molecule has 1 atom stereocenters. The zero-order valence-electron chi connectivity index (χ0n) is 16.9. The van der Waals surface area contributed by atoms with Crippen LogP contribution in [0.1, 0.15) is 28.4 Å². The molecule has 1 heterocycles. The summed E-state index contributed by atoms with van der Waals surface area (Å²) in [6.45, 7) is 1.72. The number of anilines is 2. The van der Waals surface area contributed by atoms with Gasteiger partial charge in [0.25, 0.3) is 5.91 Å². The molecule has 4 nitrogen and oxygen atoms in total. The summed E-state index contributed by atoms with van der Waals surface area (Å²) >= 11 is 5.92. The maximum absolute atomic E-state index is 13.2. The van der Waals surface area contributed by atoms with E-state index < -0.39 is 17.8 Å². The molecular formula is C24H18ClF3N2O2. The number of fused-ring (bicyclic) bond motifs is 1. The first-order valence-electron chi connectivity index (χ1n) is 9.82. The van der Waals surface area contributed by atoms with Crippen LogP contribution < -0.4 is 9.80 Å². The number of alkyl halides is 3. The fourth-order valence-electron chi connectivity index (χ4n) is 3.72. The van der Waals surface area contributed by atoms with Gasteiger partial charge in [0.2, 0.25) is 5.91 Å². The van der Waals surface area contributed by atoms with Crippen molar-refractivity contribution in [2.75, 3.05) is 9.80 Å². The highest BCUT2D eigenvalue weighted by molar-refractivity contribution is 6.30. The molecule has 1 aliphatic heterocycles. The number of hydrogen-bond donors (Lipinski definition) is 0. The monoisotopic (exact) mass is 458 g/mol. The van der Waals surface area contributed by atoms with Gasteiger partial charge in [-0.1, -0.05) is 35.9 Å². The zero-order chi connectivity index (χ0) is 23.0. The minimum atomic E-state index is -4.43. The van der Waals surface area contributed by atoms with Crippen molar-refractivity contribution >= 4 is 34.8 Å². The fraction of sp³-hybridized carbons (Fsp3) is 0.167. The summed E-state index contributed by atoms with van der Waals surface area (Å²) in [6.07, 6.45) is -4.43. The number of halogens is 4. The van der Waals surface area contributed by atoms with Crippen molar-refractivity contribution in [3.05, 3.63) is 94.5 Å². The van der Waals surface area contributed by atoms with E-state index in [9.17, 15) is 22.8 Å². The van der Waals surface area contributed by atoms with E-state index >= 15 is 0 Å². The summed E-state index contributed by atoms with van der Waals surface area (Å²) in [5.41, 5.74) is 1.25. The lowest BCUT2D eigenvalue weighted by Crippen LogP contribution is -2.54. The van der Waals surface area contributed by atoms with E-state index in [1.165, 1.54) is 21.9 Å². The second-order valence-corrected chi connectivity index (χ2v) is 7.90. The van der Waals surface area contributed by atoms with Crippen molar-refractivity contribution < 1.29 is 22.8 Å². The Balaban J connectivity index is 1.68. The summed E-state index contributed by atoms with van der Waals surface area (Å²) in [5, 5.41) is 0.493. The lowest BCUT2D eigenvalue weighted by molar-refractivity contribution is -0.137. The topological polar surface area (TPSA) is 40.6 Å². The molecular weight excluding hydrogens is 441 g/mol. The maximum Gasteiger partial charge on any atom is 0.416 e. The highest BCUT2D eigenvalue weighted by atomic mass is 35.5. The van der Waals surface area contributed by atoms with Gasteiger partial charge in [-0.3, -0.25) is 14.5 Å². The summed E-state index contributed by atoms with van der Waals surface area (Å²) in [4.78, 5) is 29.4. The van der Waals surface area contributed by atoms with Crippen LogP contribution in [-0.2, 0) is 17.5 Å². The van der Waals surface area contributed by atoms with E-state index in [0.29, 0.717) is 27.5 Å². The Kier molecular flexibility index (Phi) is 5.69. The molecule has 1 unspecified atom stereocenters. The number of rotatable bonds is 3. The van der Waals surface area contributed by atoms with Crippen LogP contribution in [0.4, 0.5) is 24.5 Å². The molecule has 0 saturated carbocycles. The van der Waals surface area contributed by atoms with Crippen LogP contribution >= 0.6 is 11.6 Å². The van der Waals surface area contributed by atoms with E-state index in [1.807, 2.05) is 0 Å². The van der Waals surface area contributed by atoms with Gasteiger partial charge in [-0.15, -0.1) is 0 Å². The van der Waals surface area contributed by atoms with Gasteiger partial charge in [-0.2, -0.15) is 13.2 Å². The van der Waals surface area contributed by atoms with E-state index in [-0.39, 0.29) is 18.4 Å². The van der Waals surface area contributed by atoms with E-state index in [2.05, 4.69) is 0 Å². The average molecular weight is 459 g/mol. The molecule has 32 heavy (non-hydrogen) atoms. The van der Waals surface area contributed by atoms with E-state index in [1.54, 1.807) is 55.5 Å². The van der Waals surface area contributed by atoms with Gasteiger partial charge in [-0.25, -0.2) is 0 Å². The number of benzene rings is 3. The van der Waals surface area contributed by atoms with Crippen LogP contribution in [0.25, 0.3) is 0 Å². The smallest absolute Gasteiger partial charge is 0.304 e. The van der Waals surface area contributed by atoms with Gasteiger partial charge < -0.3 is 4.90 Å². The van der Waals surface area contributed by atoms with Crippen LogP contribution in [0.15, 0.2) is 72.8 Å². The molecule has 3 aromatic rings. The van der Waals surface area contributed by atoms with Gasteiger partial charge in [0, 0.05) is 10.6 Å². The van der Waals surface area contributed by atoms with Crippen LogP contribution in [0.2, 0.25) is 5.02 Å². The first kappa shape index (κ1) is 21.9. The van der Waals surface area contributed by atoms with Crippen molar-refractivity contribution in [2.45, 2.75) is 25.7 Å². The molecule has 1 aliphatic rings. The van der Waals surface area contributed by atoms with Gasteiger partial charge in [0.05, 0.1) is 23.5 Å². The number of amides is 2.